The molecule has 0 saturated carbocycles. The number of nitrogens with one attached hydrogen (secondary N) is 1. The number of anilines is 2. The lowest BCUT2D eigenvalue weighted by atomic mass is 10.1. The molecule has 0 atom stereocenters. The Hall–Kier alpha value is -2.34. The van der Waals surface area contributed by atoms with Gasteiger partial charge in [0.05, 0.1) is 11.9 Å². The number of nitrogens with zero attached hydrogens (tertiary/aromatic N) is 1. The van der Waals surface area contributed by atoms with Crippen LogP contribution in [0.2, 0.25) is 0 Å². The van der Waals surface area contributed by atoms with Crippen LogP contribution in [0.1, 0.15) is 21.5 Å². The van der Waals surface area contributed by atoms with Gasteiger partial charge in [-0.15, -0.1) is 0 Å². The lowest BCUT2D eigenvalue weighted by Crippen LogP contribution is -2.26. The lowest BCUT2D eigenvalue weighted by Gasteiger charge is -2.20. The number of amides is 1. The SMILES string of the molecule is Cc1cccc(NC(=O)c2cccc(N(C)S(C)(=O)=O)c2C)c1. The molecule has 0 aromatic heterocycles. The predicted molar refractivity (Wildman–Crippen MR) is 93.6 cm³/mol. The van der Waals surface area contributed by atoms with Crippen molar-refractivity contribution >= 4 is 27.3 Å². The summed E-state index contributed by atoms with van der Waals surface area (Å²) < 4.78 is 24.6. The third-order valence-electron chi connectivity index (χ3n) is 3.66. The van der Waals surface area contributed by atoms with Gasteiger partial charge in [0.25, 0.3) is 5.91 Å². The van der Waals surface area contributed by atoms with E-state index >= 15 is 0 Å². The van der Waals surface area contributed by atoms with E-state index < -0.39 is 10.0 Å². The summed E-state index contributed by atoms with van der Waals surface area (Å²) >= 11 is 0. The summed E-state index contributed by atoms with van der Waals surface area (Å²) in [6.07, 6.45) is 1.13. The average molecular weight is 332 g/mol. The number of sulfonamides is 1. The molecule has 0 heterocycles. The number of benzene rings is 2. The quantitative estimate of drug-likeness (QED) is 0.936. The van der Waals surface area contributed by atoms with Crippen LogP contribution in [-0.2, 0) is 10.0 Å². The van der Waals surface area contributed by atoms with Crippen LogP contribution in [0.15, 0.2) is 42.5 Å². The second-order valence-corrected chi connectivity index (χ2v) is 7.52. The summed E-state index contributed by atoms with van der Waals surface area (Å²) in [5, 5.41) is 2.84. The molecule has 0 bridgehead atoms. The molecule has 2 aromatic rings. The molecule has 0 aliphatic rings. The van der Waals surface area contributed by atoms with Gasteiger partial charge < -0.3 is 5.32 Å². The molecule has 122 valence electrons. The highest BCUT2D eigenvalue weighted by Crippen LogP contribution is 2.24. The Morgan fingerprint density at radius 2 is 1.74 bits per heavy atom. The highest BCUT2D eigenvalue weighted by molar-refractivity contribution is 7.92. The summed E-state index contributed by atoms with van der Waals surface area (Å²) in [6, 6.07) is 12.5. The molecule has 5 nitrogen and oxygen atoms in total. The van der Waals surface area contributed by atoms with Gasteiger partial charge in [0.2, 0.25) is 10.0 Å². The van der Waals surface area contributed by atoms with Crippen molar-refractivity contribution in [3.8, 4) is 0 Å². The van der Waals surface area contributed by atoms with E-state index in [4.69, 9.17) is 0 Å². The Kier molecular flexibility index (Phi) is 4.75. The number of rotatable bonds is 4. The molecule has 1 amide bonds. The maximum atomic E-state index is 12.5. The zero-order valence-corrected chi connectivity index (χ0v) is 14.4. The molecule has 0 aliphatic carbocycles. The molecular formula is C17H20N2O3S. The molecule has 23 heavy (non-hydrogen) atoms. The first kappa shape index (κ1) is 17.0. The van der Waals surface area contributed by atoms with E-state index in [0.717, 1.165) is 11.8 Å². The molecule has 2 aromatic carbocycles. The maximum Gasteiger partial charge on any atom is 0.256 e. The molecule has 0 unspecified atom stereocenters. The minimum atomic E-state index is -3.38. The van der Waals surface area contributed by atoms with Gasteiger partial charge in [-0.3, -0.25) is 9.10 Å². The van der Waals surface area contributed by atoms with E-state index in [0.29, 0.717) is 22.5 Å². The first-order valence-corrected chi connectivity index (χ1v) is 8.96. The predicted octanol–water partition coefficient (Wildman–Crippen LogP) is 2.95. The fourth-order valence-electron chi connectivity index (χ4n) is 2.31. The Bertz CT molecular complexity index is 845. The molecule has 0 radical (unpaired) electrons. The Morgan fingerprint density at radius 3 is 2.35 bits per heavy atom. The van der Waals surface area contributed by atoms with Gasteiger partial charge in [0.15, 0.2) is 0 Å². The van der Waals surface area contributed by atoms with Crippen molar-refractivity contribution in [3.05, 3.63) is 59.2 Å². The molecule has 0 saturated heterocycles. The standard InChI is InChI=1S/C17H20N2O3S/c1-12-7-5-8-14(11-12)18-17(20)15-9-6-10-16(13(15)2)19(3)23(4,21)22/h5-11H,1-4H3,(H,18,20). The fourth-order valence-corrected chi connectivity index (χ4v) is 2.87. The van der Waals surface area contributed by atoms with Gasteiger partial charge in [-0.25, -0.2) is 8.42 Å². The van der Waals surface area contributed by atoms with Crippen LogP contribution >= 0.6 is 0 Å². The highest BCUT2D eigenvalue weighted by atomic mass is 32.2. The summed E-state index contributed by atoms with van der Waals surface area (Å²) in [7, 11) is -1.91. The van der Waals surface area contributed by atoms with Crippen molar-refractivity contribution < 1.29 is 13.2 Å². The lowest BCUT2D eigenvalue weighted by molar-refractivity contribution is 0.102. The first-order valence-electron chi connectivity index (χ1n) is 7.11. The van der Waals surface area contributed by atoms with Gasteiger partial charge in [0.1, 0.15) is 0 Å². The van der Waals surface area contributed by atoms with Crippen LogP contribution in [0.25, 0.3) is 0 Å². The van der Waals surface area contributed by atoms with Gasteiger partial charge in [-0.1, -0.05) is 18.2 Å². The van der Waals surface area contributed by atoms with Gasteiger partial charge in [0, 0.05) is 18.3 Å². The topological polar surface area (TPSA) is 66.5 Å². The second kappa shape index (κ2) is 6.42. The van der Waals surface area contributed by atoms with Crippen LogP contribution < -0.4 is 9.62 Å². The average Bonchev–Trinajstić information content (AvgIpc) is 2.45. The van der Waals surface area contributed by atoms with E-state index in [9.17, 15) is 13.2 Å². The van der Waals surface area contributed by atoms with E-state index in [2.05, 4.69) is 5.32 Å². The molecule has 0 aliphatic heterocycles. The summed E-state index contributed by atoms with van der Waals surface area (Å²) in [5.74, 6) is -0.267. The normalized spacial score (nSPS) is 11.1. The van der Waals surface area contributed by atoms with E-state index in [1.807, 2.05) is 31.2 Å². The Balaban J connectivity index is 2.35. The van der Waals surface area contributed by atoms with E-state index in [1.54, 1.807) is 25.1 Å². The van der Waals surface area contributed by atoms with Crippen molar-refractivity contribution in [3.63, 3.8) is 0 Å². The van der Waals surface area contributed by atoms with Crippen molar-refractivity contribution in [2.24, 2.45) is 0 Å². The maximum absolute atomic E-state index is 12.5. The van der Waals surface area contributed by atoms with Gasteiger partial charge >= 0.3 is 0 Å². The highest BCUT2D eigenvalue weighted by Gasteiger charge is 2.18. The van der Waals surface area contributed by atoms with Crippen LogP contribution in [0.3, 0.4) is 0 Å². The van der Waals surface area contributed by atoms with Crippen molar-refractivity contribution in [2.45, 2.75) is 13.8 Å². The summed E-state index contributed by atoms with van der Waals surface area (Å²) in [6.45, 7) is 3.69. The molecule has 0 spiro atoms. The van der Waals surface area contributed by atoms with Crippen LogP contribution in [0, 0.1) is 13.8 Å². The summed E-state index contributed by atoms with van der Waals surface area (Å²) in [4.78, 5) is 12.5. The molecule has 1 N–H and O–H groups in total. The molecule has 2 rings (SSSR count). The zero-order valence-electron chi connectivity index (χ0n) is 13.6. The van der Waals surface area contributed by atoms with Gasteiger partial charge in [-0.2, -0.15) is 0 Å². The smallest absolute Gasteiger partial charge is 0.256 e. The Morgan fingerprint density at radius 1 is 1.09 bits per heavy atom. The van der Waals surface area contributed by atoms with E-state index in [-0.39, 0.29) is 5.91 Å². The second-order valence-electron chi connectivity index (χ2n) is 5.50. The Labute approximate surface area is 137 Å². The first-order chi connectivity index (χ1) is 10.7. The van der Waals surface area contributed by atoms with Crippen LogP contribution in [0.4, 0.5) is 11.4 Å². The monoisotopic (exact) mass is 332 g/mol. The minimum Gasteiger partial charge on any atom is -0.322 e. The van der Waals surface area contributed by atoms with Crippen molar-refractivity contribution in [2.75, 3.05) is 22.9 Å². The number of hydrogen-bond acceptors (Lipinski definition) is 3. The molecular weight excluding hydrogens is 312 g/mol. The number of aryl methyl sites for hydroxylation is 1. The van der Waals surface area contributed by atoms with Crippen molar-refractivity contribution in [1.29, 1.82) is 0 Å². The minimum absolute atomic E-state index is 0.267. The third-order valence-corrected chi connectivity index (χ3v) is 4.85. The largest absolute Gasteiger partial charge is 0.322 e. The van der Waals surface area contributed by atoms with Crippen LogP contribution in [0.5, 0.6) is 0 Å². The van der Waals surface area contributed by atoms with Gasteiger partial charge in [-0.05, 0) is 49.2 Å². The number of hydrogen-bond donors (Lipinski definition) is 1. The molecule has 6 heteroatoms. The number of carbonyl (C=O) groups excluding carboxylic acids is 1. The van der Waals surface area contributed by atoms with E-state index in [1.165, 1.54) is 11.4 Å². The summed E-state index contributed by atoms with van der Waals surface area (Å²) in [5.41, 5.74) is 3.30. The zero-order chi connectivity index (χ0) is 17.2. The van der Waals surface area contributed by atoms with Crippen LogP contribution in [-0.4, -0.2) is 27.6 Å². The van der Waals surface area contributed by atoms with Crippen molar-refractivity contribution in [1.82, 2.24) is 0 Å². The molecule has 0 fully saturated rings. The third kappa shape index (κ3) is 3.90. The number of carbonyl (C=O) groups is 1. The fraction of sp³-hybridized carbons (Fsp3) is 0.235.